The second-order valence-corrected chi connectivity index (χ2v) is 2.84. The van der Waals surface area contributed by atoms with E-state index in [4.69, 9.17) is 5.26 Å². The van der Waals surface area contributed by atoms with E-state index in [1.54, 1.807) is 18.3 Å². The minimum Gasteiger partial charge on any atom is -0.361 e. The Labute approximate surface area is 74.6 Å². The standard InChI is InChI=1S/C10H7FN2/c11-9-5-8-2-4-13-10(8)6-7(9)1-3-12/h2,4-6,13H,1H2. The summed E-state index contributed by atoms with van der Waals surface area (Å²) in [7, 11) is 0. The average molecular weight is 174 g/mol. The molecule has 1 heterocycles. The quantitative estimate of drug-likeness (QED) is 0.708. The number of fused-ring (bicyclic) bond motifs is 1. The molecule has 2 nitrogen and oxygen atoms in total. The number of nitriles is 1. The molecule has 3 heteroatoms. The van der Waals surface area contributed by atoms with Gasteiger partial charge in [-0.1, -0.05) is 0 Å². The molecule has 0 saturated carbocycles. The van der Waals surface area contributed by atoms with E-state index in [2.05, 4.69) is 4.98 Å². The van der Waals surface area contributed by atoms with Crippen LogP contribution in [0.5, 0.6) is 0 Å². The Morgan fingerprint density at radius 3 is 3.08 bits per heavy atom. The van der Waals surface area contributed by atoms with Crippen LogP contribution in [0.25, 0.3) is 10.9 Å². The van der Waals surface area contributed by atoms with Crippen LogP contribution in [0.2, 0.25) is 0 Å². The summed E-state index contributed by atoms with van der Waals surface area (Å²) in [5.41, 5.74) is 1.31. The molecule has 0 spiro atoms. The molecule has 2 aromatic rings. The molecule has 0 aliphatic carbocycles. The zero-order valence-electron chi connectivity index (χ0n) is 6.84. The van der Waals surface area contributed by atoms with E-state index in [0.29, 0.717) is 5.56 Å². The van der Waals surface area contributed by atoms with Crippen molar-refractivity contribution in [3.63, 3.8) is 0 Å². The lowest BCUT2D eigenvalue weighted by molar-refractivity contribution is 0.617. The zero-order chi connectivity index (χ0) is 9.26. The van der Waals surface area contributed by atoms with E-state index < -0.39 is 0 Å². The summed E-state index contributed by atoms with van der Waals surface area (Å²) in [5, 5.41) is 9.27. The van der Waals surface area contributed by atoms with Gasteiger partial charge in [-0.25, -0.2) is 4.39 Å². The third-order valence-corrected chi connectivity index (χ3v) is 1.99. The predicted octanol–water partition coefficient (Wildman–Crippen LogP) is 2.37. The number of H-pyrrole nitrogens is 1. The van der Waals surface area contributed by atoms with Crippen LogP contribution in [0.1, 0.15) is 5.56 Å². The normalized spacial score (nSPS) is 10.2. The van der Waals surface area contributed by atoms with E-state index in [0.717, 1.165) is 10.9 Å². The van der Waals surface area contributed by atoms with E-state index >= 15 is 0 Å². The number of benzene rings is 1. The Balaban J connectivity index is 2.64. The van der Waals surface area contributed by atoms with Crippen molar-refractivity contribution in [2.24, 2.45) is 0 Å². The van der Waals surface area contributed by atoms with Crippen LogP contribution >= 0.6 is 0 Å². The van der Waals surface area contributed by atoms with Gasteiger partial charge in [0.25, 0.3) is 0 Å². The molecule has 13 heavy (non-hydrogen) atoms. The number of halogens is 1. The SMILES string of the molecule is N#CCc1cc2[nH]ccc2cc1F. The van der Waals surface area contributed by atoms with E-state index in [-0.39, 0.29) is 12.2 Å². The molecule has 0 atom stereocenters. The van der Waals surface area contributed by atoms with Crippen molar-refractivity contribution in [3.05, 3.63) is 35.8 Å². The van der Waals surface area contributed by atoms with Crippen LogP contribution in [0.15, 0.2) is 24.4 Å². The summed E-state index contributed by atoms with van der Waals surface area (Å²) in [5.74, 6) is -0.311. The molecule has 1 aromatic heterocycles. The minimum atomic E-state index is -0.311. The highest BCUT2D eigenvalue weighted by molar-refractivity contribution is 5.80. The summed E-state index contributed by atoms with van der Waals surface area (Å²) in [6, 6.07) is 6.85. The fraction of sp³-hybridized carbons (Fsp3) is 0.100. The largest absolute Gasteiger partial charge is 0.361 e. The van der Waals surface area contributed by atoms with E-state index in [9.17, 15) is 4.39 Å². The molecule has 0 fully saturated rings. The molecule has 64 valence electrons. The minimum absolute atomic E-state index is 0.112. The number of aromatic nitrogens is 1. The van der Waals surface area contributed by atoms with Gasteiger partial charge in [0.1, 0.15) is 5.82 Å². The number of hydrogen-bond acceptors (Lipinski definition) is 1. The van der Waals surface area contributed by atoms with Crippen LogP contribution < -0.4 is 0 Å². The fourth-order valence-corrected chi connectivity index (χ4v) is 1.34. The van der Waals surface area contributed by atoms with Crippen molar-refractivity contribution in [1.82, 2.24) is 4.98 Å². The Bertz CT molecular complexity index is 479. The van der Waals surface area contributed by atoms with Gasteiger partial charge < -0.3 is 4.98 Å². The Kier molecular flexibility index (Phi) is 1.75. The fourth-order valence-electron chi connectivity index (χ4n) is 1.34. The van der Waals surface area contributed by atoms with Gasteiger partial charge in [-0.2, -0.15) is 5.26 Å². The molecule has 0 radical (unpaired) electrons. The maximum Gasteiger partial charge on any atom is 0.128 e. The smallest absolute Gasteiger partial charge is 0.128 e. The van der Waals surface area contributed by atoms with Gasteiger partial charge in [0.2, 0.25) is 0 Å². The first-order chi connectivity index (χ1) is 6.31. The first kappa shape index (κ1) is 7.81. The van der Waals surface area contributed by atoms with Crippen molar-refractivity contribution in [3.8, 4) is 6.07 Å². The highest BCUT2D eigenvalue weighted by Crippen LogP contribution is 2.17. The highest BCUT2D eigenvalue weighted by Gasteiger charge is 2.04. The van der Waals surface area contributed by atoms with Gasteiger partial charge in [-0.05, 0) is 18.2 Å². The van der Waals surface area contributed by atoms with Crippen molar-refractivity contribution in [1.29, 1.82) is 5.26 Å². The van der Waals surface area contributed by atoms with Gasteiger partial charge in [0.15, 0.2) is 0 Å². The van der Waals surface area contributed by atoms with Gasteiger partial charge in [-0.15, -0.1) is 0 Å². The first-order valence-corrected chi connectivity index (χ1v) is 3.94. The molecule has 1 N–H and O–H groups in total. The summed E-state index contributed by atoms with van der Waals surface area (Å²) < 4.78 is 13.2. The molecular formula is C10H7FN2. The number of nitrogens with zero attached hydrogens (tertiary/aromatic N) is 1. The lowest BCUT2D eigenvalue weighted by Gasteiger charge is -1.97. The van der Waals surface area contributed by atoms with Crippen molar-refractivity contribution in [2.45, 2.75) is 6.42 Å². The molecule has 0 saturated heterocycles. The summed E-state index contributed by atoms with van der Waals surface area (Å²) in [4.78, 5) is 2.97. The summed E-state index contributed by atoms with van der Waals surface area (Å²) in [6.07, 6.45) is 1.86. The topological polar surface area (TPSA) is 39.6 Å². The Morgan fingerprint density at radius 2 is 2.31 bits per heavy atom. The molecular weight excluding hydrogens is 167 g/mol. The molecule has 2 rings (SSSR count). The molecule has 0 aliphatic rings. The molecule has 0 unspecified atom stereocenters. The van der Waals surface area contributed by atoms with Crippen molar-refractivity contribution >= 4 is 10.9 Å². The van der Waals surface area contributed by atoms with E-state index in [1.807, 2.05) is 6.07 Å². The Morgan fingerprint density at radius 1 is 1.46 bits per heavy atom. The molecule has 1 aromatic carbocycles. The van der Waals surface area contributed by atoms with Gasteiger partial charge >= 0.3 is 0 Å². The number of nitrogens with one attached hydrogen (secondary N) is 1. The van der Waals surface area contributed by atoms with Crippen LogP contribution in [-0.2, 0) is 6.42 Å². The lowest BCUT2D eigenvalue weighted by atomic mass is 10.1. The maximum absolute atomic E-state index is 13.2. The van der Waals surface area contributed by atoms with Crippen molar-refractivity contribution < 1.29 is 4.39 Å². The van der Waals surface area contributed by atoms with Crippen LogP contribution in [0.4, 0.5) is 4.39 Å². The number of aromatic amines is 1. The molecule has 0 bridgehead atoms. The predicted molar refractivity (Wildman–Crippen MR) is 47.6 cm³/mol. The average Bonchev–Trinajstić information content (AvgIpc) is 2.52. The third kappa shape index (κ3) is 1.27. The second-order valence-electron chi connectivity index (χ2n) is 2.84. The summed E-state index contributed by atoms with van der Waals surface area (Å²) in [6.45, 7) is 0. The number of hydrogen-bond donors (Lipinski definition) is 1. The van der Waals surface area contributed by atoms with Crippen LogP contribution in [0, 0.1) is 17.1 Å². The highest BCUT2D eigenvalue weighted by atomic mass is 19.1. The van der Waals surface area contributed by atoms with Crippen LogP contribution in [-0.4, -0.2) is 4.98 Å². The first-order valence-electron chi connectivity index (χ1n) is 3.94. The van der Waals surface area contributed by atoms with Gasteiger partial charge in [0.05, 0.1) is 12.5 Å². The van der Waals surface area contributed by atoms with Gasteiger partial charge in [0, 0.05) is 22.7 Å². The monoisotopic (exact) mass is 174 g/mol. The van der Waals surface area contributed by atoms with Crippen molar-refractivity contribution in [2.75, 3.05) is 0 Å². The number of rotatable bonds is 1. The van der Waals surface area contributed by atoms with Gasteiger partial charge in [-0.3, -0.25) is 0 Å². The third-order valence-electron chi connectivity index (χ3n) is 1.99. The maximum atomic E-state index is 13.2. The lowest BCUT2D eigenvalue weighted by Crippen LogP contribution is -1.87. The van der Waals surface area contributed by atoms with Crippen LogP contribution in [0.3, 0.4) is 0 Å². The Hall–Kier alpha value is -1.82. The molecule has 0 amide bonds. The van der Waals surface area contributed by atoms with E-state index in [1.165, 1.54) is 6.07 Å². The molecule has 0 aliphatic heterocycles. The second kappa shape index (κ2) is 2.91. The zero-order valence-corrected chi connectivity index (χ0v) is 6.84. The summed E-state index contributed by atoms with van der Waals surface area (Å²) >= 11 is 0.